The van der Waals surface area contributed by atoms with Crippen molar-refractivity contribution in [2.45, 2.75) is 37.8 Å². The highest BCUT2D eigenvalue weighted by Crippen LogP contribution is 2.31. The van der Waals surface area contributed by atoms with E-state index in [2.05, 4.69) is 10.4 Å². The van der Waals surface area contributed by atoms with Crippen LogP contribution >= 0.6 is 0 Å². The first-order chi connectivity index (χ1) is 10.6. The number of benzene rings is 1. The minimum Gasteiger partial charge on any atom is -0.386 e. The number of aliphatic hydroxyl groups is 1. The van der Waals surface area contributed by atoms with Gasteiger partial charge in [-0.1, -0.05) is 24.3 Å². The van der Waals surface area contributed by atoms with Gasteiger partial charge in [-0.2, -0.15) is 5.10 Å². The number of nitrogens with one attached hydrogen (secondary N) is 1. The lowest BCUT2D eigenvalue weighted by atomic mass is 10.1. The molecule has 2 aliphatic rings. The van der Waals surface area contributed by atoms with E-state index in [4.69, 9.17) is 0 Å². The molecule has 0 saturated carbocycles. The van der Waals surface area contributed by atoms with Gasteiger partial charge in [-0.25, -0.2) is 0 Å². The maximum Gasteiger partial charge on any atom is 0.270 e. The van der Waals surface area contributed by atoms with Gasteiger partial charge in [-0.3, -0.25) is 9.48 Å². The van der Waals surface area contributed by atoms with Crippen LogP contribution in [0.15, 0.2) is 24.3 Å². The molecular weight excluding hydrogens is 278 g/mol. The highest BCUT2D eigenvalue weighted by molar-refractivity contribution is 5.94. The Morgan fingerprint density at radius 2 is 2.18 bits per heavy atom. The number of carbonyl (C=O) groups is 1. The van der Waals surface area contributed by atoms with E-state index in [1.165, 1.54) is 0 Å². The summed E-state index contributed by atoms with van der Waals surface area (Å²) in [4.78, 5) is 12.7. The van der Waals surface area contributed by atoms with Crippen molar-refractivity contribution in [2.75, 3.05) is 0 Å². The molecule has 2 aliphatic carbocycles. The zero-order valence-electron chi connectivity index (χ0n) is 12.5. The SMILES string of the molecule is Cn1nc2c(c1C(=O)N[C@@H]1Cc3ccccc3[C@H]1O)CCC2. The summed E-state index contributed by atoms with van der Waals surface area (Å²) >= 11 is 0. The standard InChI is InChI=1S/C17H19N3O2/c1-20-15(12-7-4-8-13(12)19-20)17(22)18-14-9-10-5-2-3-6-11(10)16(14)21/h2-3,5-6,14,16,21H,4,7-9H2,1H3,(H,18,22)/t14-,16-/m1/s1. The largest absolute Gasteiger partial charge is 0.386 e. The number of fused-ring (bicyclic) bond motifs is 2. The van der Waals surface area contributed by atoms with Gasteiger partial charge >= 0.3 is 0 Å². The van der Waals surface area contributed by atoms with E-state index in [0.717, 1.165) is 41.6 Å². The van der Waals surface area contributed by atoms with Gasteiger partial charge in [0.05, 0.1) is 17.8 Å². The lowest BCUT2D eigenvalue weighted by molar-refractivity contribution is 0.0848. The van der Waals surface area contributed by atoms with Crippen molar-refractivity contribution in [3.63, 3.8) is 0 Å². The Balaban J connectivity index is 1.57. The summed E-state index contributed by atoms with van der Waals surface area (Å²) in [5.74, 6) is -0.130. The predicted molar refractivity (Wildman–Crippen MR) is 81.6 cm³/mol. The Kier molecular flexibility index (Phi) is 3.04. The fraction of sp³-hybridized carbons (Fsp3) is 0.412. The number of aliphatic hydroxyl groups excluding tert-OH is 1. The van der Waals surface area contributed by atoms with Crippen molar-refractivity contribution < 1.29 is 9.90 Å². The molecule has 0 saturated heterocycles. The smallest absolute Gasteiger partial charge is 0.270 e. The Hall–Kier alpha value is -2.14. The van der Waals surface area contributed by atoms with Crippen molar-refractivity contribution in [2.24, 2.45) is 7.05 Å². The zero-order valence-corrected chi connectivity index (χ0v) is 12.5. The molecule has 4 rings (SSSR count). The van der Waals surface area contributed by atoms with Crippen molar-refractivity contribution in [3.8, 4) is 0 Å². The Bertz CT molecular complexity index is 750. The lowest BCUT2D eigenvalue weighted by Gasteiger charge is -2.17. The van der Waals surface area contributed by atoms with Crippen LogP contribution in [0.4, 0.5) is 0 Å². The molecule has 22 heavy (non-hydrogen) atoms. The molecular formula is C17H19N3O2. The second kappa shape index (κ2) is 4.95. The van der Waals surface area contributed by atoms with Gasteiger partial charge in [0.15, 0.2) is 0 Å². The fourth-order valence-corrected chi connectivity index (χ4v) is 3.74. The number of nitrogens with zero attached hydrogens (tertiary/aromatic N) is 2. The summed E-state index contributed by atoms with van der Waals surface area (Å²) in [6, 6.07) is 7.54. The summed E-state index contributed by atoms with van der Waals surface area (Å²) in [5, 5.41) is 17.9. The summed E-state index contributed by atoms with van der Waals surface area (Å²) in [7, 11) is 1.81. The molecule has 1 aromatic heterocycles. The van der Waals surface area contributed by atoms with E-state index in [1.54, 1.807) is 4.68 Å². The van der Waals surface area contributed by atoms with Gasteiger partial charge in [0.25, 0.3) is 5.91 Å². The van der Waals surface area contributed by atoms with Gasteiger partial charge in [0.1, 0.15) is 5.69 Å². The number of carbonyl (C=O) groups excluding carboxylic acids is 1. The van der Waals surface area contributed by atoms with Crippen LogP contribution in [0.3, 0.4) is 0 Å². The molecule has 5 nitrogen and oxygen atoms in total. The van der Waals surface area contributed by atoms with Gasteiger partial charge < -0.3 is 10.4 Å². The van der Waals surface area contributed by atoms with Crippen LogP contribution in [0, 0.1) is 0 Å². The van der Waals surface area contributed by atoms with E-state index >= 15 is 0 Å². The first-order valence-corrected chi connectivity index (χ1v) is 7.76. The maximum atomic E-state index is 12.7. The molecule has 2 atom stereocenters. The van der Waals surface area contributed by atoms with Crippen LogP contribution in [0.1, 0.15) is 45.4 Å². The van der Waals surface area contributed by atoms with Gasteiger partial charge in [-0.15, -0.1) is 0 Å². The van der Waals surface area contributed by atoms with Crippen molar-refractivity contribution >= 4 is 5.91 Å². The van der Waals surface area contributed by atoms with Gasteiger partial charge in [0.2, 0.25) is 0 Å². The minimum absolute atomic E-state index is 0.130. The molecule has 114 valence electrons. The average molecular weight is 297 g/mol. The quantitative estimate of drug-likeness (QED) is 0.878. The number of aryl methyl sites for hydroxylation is 2. The van der Waals surface area contributed by atoms with E-state index in [9.17, 15) is 9.90 Å². The molecule has 5 heteroatoms. The van der Waals surface area contributed by atoms with E-state index in [0.29, 0.717) is 12.1 Å². The molecule has 0 spiro atoms. The second-order valence-electron chi connectivity index (χ2n) is 6.18. The van der Waals surface area contributed by atoms with Crippen LogP contribution in [0.2, 0.25) is 0 Å². The number of hydrogen-bond acceptors (Lipinski definition) is 3. The zero-order chi connectivity index (χ0) is 15.3. The van der Waals surface area contributed by atoms with Crippen LogP contribution < -0.4 is 5.32 Å². The van der Waals surface area contributed by atoms with Gasteiger partial charge in [-0.05, 0) is 36.8 Å². The molecule has 2 aromatic rings. The van der Waals surface area contributed by atoms with E-state index in [-0.39, 0.29) is 11.9 Å². The van der Waals surface area contributed by atoms with Crippen LogP contribution in [-0.4, -0.2) is 26.8 Å². The second-order valence-corrected chi connectivity index (χ2v) is 6.18. The number of hydrogen-bond donors (Lipinski definition) is 2. The maximum absolute atomic E-state index is 12.7. The average Bonchev–Trinajstić information content (AvgIpc) is 3.13. The van der Waals surface area contributed by atoms with Crippen molar-refractivity contribution in [3.05, 3.63) is 52.3 Å². The molecule has 1 heterocycles. The normalized spacial score (nSPS) is 22.5. The molecule has 1 amide bonds. The number of amides is 1. The monoisotopic (exact) mass is 297 g/mol. The van der Waals surface area contributed by atoms with E-state index in [1.807, 2.05) is 31.3 Å². The van der Waals surface area contributed by atoms with Crippen LogP contribution in [-0.2, 0) is 26.3 Å². The number of aromatic nitrogens is 2. The molecule has 0 fully saturated rings. The summed E-state index contributed by atoms with van der Waals surface area (Å²) in [6.07, 6.45) is 2.97. The third-order valence-electron chi connectivity index (χ3n) is 4.80. The molecule has 0 aliphatic heterocycles. The molecule has 1 aromatic carbocycles. The molecule has 0 radical (unpaired) electrons. The third kappa shape index (κ3) is 1.96. The third-order valence-corrected chi connectivity index (χ3v) is 4.80. The minimum atomic E-state index is -0.638. The Morgan fingerprint density at radius 3 is 3.00 bits per heavy atom. The first-order valence-electron chi connectivity index (χ1n) is 7.76. The van der Waals surface area contributed by atoms with Gasteiger partial charge in [0, 0.05) is 12.6 Å². The van der Waals surface area contributed by atoms with E-state index < -0.39 is 6.10 Å². The molecule has 0 unspecified atom stereocenters. The summed E-state index contributed by atoms with van der Waals surface area (Å²) < 4.78 is 1.67. The highest BCUT2D eigenvalue weighted by Gasteiger charge is 2.33. The molecule has 2 N–H and O–H groups in total. The van der Waals surface area contributed by atoms with Crippen molar-refractivity contribution in [1.29, 1.82) is 0 Å². The first kappa shape index (κ1) is 13.5. The summed E-state index contributed by atoms with van der Waals surface area (Å²) in [5.41, 5.74) is 4.79. The molecule has 0 bridgehead atoms. The number of rotatable bonds is 2. The predicted octanol–water partition coefficient (Wildman–Crippen LogP) is 1.30. The topological polar surface area (TPSA) is 67.2 Å². The summed E-state index contributed by atoms with van der Waals surface area (Å²) in [6.45, 7) is 0. The highest BCUT2D eigenvalue weighted by atomic mass is 16.3. The Labute approximate surface area is 129 Å². The van der Waals surface area contributed by atoms with Crippen molar-refractivity contribution in [1.82, 2.24) is 15.1 Å². The lowest BCUT2D eigenvalue weighted by Crippen LogP contribution is -2.39. The fourth-order valence-electron chi connectivity index (χ4n) is 3.74. The Morgan fingerprint density at radius 1 is 1.36 bits per heavy atom. The van der Waals surface area contributed by atoms with Crippen LogP contribution in [0.25, 0.3) is 0 Å². The van der Waals surface area contributed by atoms with Crippen LogP contribution in [0.5, 0.6) is 0 Å².